The zero-order valence-corrected chi connectivity index (χ0v) is 10.1. The molecule has 0 bridgehead atoms. The summed E-state index contributed by atoms with van der Waals surface area (Å²) < 4.78 is 4.87. The highest BCUT2D eigenvalue weighted by Crippen LogP contribution is 2.03. The fourth-order valence-electron chi connectivity index (χ4n) is 0.902. The molecule has 0 fully saturated rings. The van der Waals surface area contributed by atoms with Crippen molar-refractivity contribution >= 4 is 11.8 Å². The van der Waals surface area contributed by atoms with Crippen LogP contribution in [0.1, 0.15) is 31.3 Å². The first kappa shape index (κ1) is 13.2. The highest BCUT2D eigenvalue weighted by molar-refractivity contribution is 5.93. The van der Waals surface area contributed by atoms with Crippen LogP contribution in [0.15, 0.2) is 22.8 Å². The minimum Gasteiger partial charge on any atom is -0.459 e. The zero-order chi connectivity index (χ0) is 12.9. The van der Waals surface area contributed by atoms with Crippen molar-refractivity contribution in [2.75, 3.05) is 6.54 Å². The Kier molecular flexibility index (Phi) is 4.28. The maximum absolute atomic E-state index is 11.4. The molecule has 17 heavy (non-hydrogen) atoms. The van der Waals surface area contributed by atoms with Crippen molar-refractivity contribution in [1.82, 2.24) is 10.8 Å². The molecule has 0 atom stereocenters. The first-order valence-electron chi connectivity index (χ1n) is 5.17. The molecule has 0 aliphatic carbocycles. The second-order valence-corrected chi connectivity index (χ2v) is 4.40. The molecule has 0 spiro atoms. The third-order valence-corrected chi connectivity index (χ3v) is 1.63. The smallest absolute Gasteiger partial charge is 0.287 e. The summed E-state index contributed by atoms with van der Waals surface area (Å²) in [6.45, 7) is 5.23. The van der Waals surface area contributed by atoms with Gasteiger partial charge in [0.05, 0.1) is 18.4 Å². The Hall–Kier alpha value is -1.82. The van der Waals surface area contributed by atoms with Crippen molar-refractivity contribution in [1.29, 1.82) is 0 Å². The summed E-state index contributed by atoms with van der Waals surface area (Å²) in [6.07, 6.45) is 1.39. The molecule has 0 aliphatic heterocycles. The number of carbonyl (C=O) groups is 2. The molecule has 6 heteroatoms. The number of furan rings is 1. The molecule has 94 valence electrons. The van der Waals surface area contributed by atoms with Crippen LogP contribution in [0.2, 0.25) is 0 Å². The summed E-state index contributed by atoms with van der Waals surface area (Å²) in [5.41, 5.74) is 1.77. The van der Waals surface area contributed by atoms with Crippen LogP contribution < -0.4 is 10.8 Å². The number of hydrogen-bond acceptors (Lipinski definition) is 4. The van der Waals surface area contributed by atoms with E-state index in [2.05, 4.69) is 10.8 Å². The fourth-order valence-corrected chi connectivity index (χ4v) is 0.902. The topological polar surface area (TPSA) is 80.6 Å². The molecule has 0 radical (unpaired) electrons. The average Bonchev–Trinajstić information content (AvgIpc) is 2.75. The quantitative estimate of drug-likeness (QED) is 0.765. The summed E-state index contributed by atoms with van der Waals surface area (Å²) in [5, 5.41) is 2.40. The van der Waals surface area contributed by atoms with Crippen molar-refractivity contribution in [3.05, 3.63) is 24.2 Å². The van der Waals surface area contributed by atoms with Gasteiger partial charge in [-0.25, -0.2) is 5.48 Å². The van der Waals surface area contributed by atoms with Crippen molar-refractivity contribution in [2.24, 2.45) is 0 Å². The van der Waals surface area contributed by atoms with Crippen LogP contribution >= 0.6 is 0 Å². The van der Waals surface area contributed by atoms with E-state index in [1.54, 1.807) is 26.8 Å². The van der Waals surface area contributed by atoms with E-state index in [0.717, 1.165) is 0 Å². The van der Waals surface area contributed by atoms with Crippen LogP contribution in [0, 0.1) is 0 Å². The maximum Gasteiger partial charge on any atom is 0.287 e. The Morgan fingerprint density at radius 3 is 2.65 bits per heavy atom. The standard InChI is InChI=1S/C11H16N2O4/c1-11(2,3)17-13-9(14)7-12-10(15)8-5-4-6-16-8/h4-6H,7H2,1-3H3,(H,12,15)(H,13,14). The molecule has 2 amide bonds. The minimum atomic E-state index is -0.472. The van der Waals surface area contributed by atoms with E-state index in [0.29, 0.717) is 0 Å². The highest BCUT2D eigenvalue weighted by atomic mass is 16.7. The molecule has 2 N–H and O–H groups in total. The van der Waals surface area contributed by atoms with Gasteiger partial charge in [-0.2, -0.15) is 0 Å². The van der Waals surface area contributed by atoms with Crippen LogP contribution in [0.3, 0.4) is 0 Å². The SMILES string of the molecule is CC(C)(C)ONC(=O)CNC(=O)c1ccco1. The second-order valence-electron chi connectivity index (χ2n) is 4.40. The molecule has 0 saturated heterocycles. The number of amides is 2. The third-order valence-electron chi connectivity index (χ3n) is 1.63. The van der Waals surface area contributed by atoms with Crippen LogP contribution in [0.4, 0.5) is 0 Å². The summed E-state index contributed by atoms with van der Waals surface area (Å²) in [7, 11) is 0. The molecule has 0 saturated carbocycles. The number of rotatable bonds is 4. The summed E-state index contributed by atoms with van der Waals surface area (Å²) >= 11 is 0. The molecule has 0 aromatic carbocycles. The highest BCUT2D eigenvalue weighted by Gasteiger charge is 2.14. The molecule has 1 rings (SSSR count). The Morgan fingerprint density at radius 2 is 2.12 bits per heavy atom. The summed E-state index contributed by atoms with van der Waals surface area (Å²) in [5.74, 6) is -0.713. The Bertz CT molecular complexity index is 379. The van der Waals surface area contributed by atoms with Gasteiger partial charge in [0.1, 0.15) is 0 Å². The Labute approximate surface area is 99.3 Å². The van der Waals surface area contributed by atoms with Crippen molar-refractivity contribution in [2.45, 2.75) is 26.4 Å². The van der Waals surface area contributed by atoms with Gasteiger partial charge < -0.3 is 9.73 Å². The minimum absolute atomic E-state index is 0.162. The van der Waals surface area contributed by atoms with E-state index >= 15 is 0 Å². The van der Waals surface area contributed by atoms with Crippen molar-refractivity contribution in [3.8, 4) is 0 Å². The number of hydroxylamine groups is 1. The zero-order valence-electron chi connectivity index (χ0n) is 10.1. The molecule has 1 aromatic heterocycles. The first-order chi connectivity index (χ1) is 7.88. The lowest BCUT2D eigenvalue weighted by Gasteiger charge is -2.18. The number of hydrogen-bond donors (Lipinski definition) is 2. The predicted molar refractivity (Wildman–Crippen MR) is 60.0 cm³/mol. The Balaban J connectivity index is 2.27. The average molecular weight is 240 g/mol. The van der Waals surface area contributed by atoms with Gasteiger partial charge in [-0.15, -0.1) is 0 Å². The molecular weight excluding hydrogens is 224 g/mol. The normalized spacial score (nSPS) is 11.0. The lowest BCUT2D eigenvalue weighted by molar-refractivity contribution is -0.144. The van der Waals surface area contributed by atoms with Gasteiger partial charge in [0.2, 0.25) is 0 Å². The van der Waals surface area contributed by atoms with Crippen LogP contribution in [0.5, 0.6) is 0 Å². The van der Waals surface area contributed by atoms with Gasteiger partial charge in [0.25, 0.3) is 11.8 Å². The third kappa shape index (κ3) is 5.17. The van der Waals surface area contributed by atoms with Crippen LogP contribution in [-0.2, 0) is 9.63 Å². The van der Waals surface area contributed by atoms with Crippen LogP contribution in [0.25, 0.3) is 0 Å². The number of nitrogens with one attached hydrogen (secondary N) is 2. The predicted octanol–water partition coefficient (Wildman–Crippen LogP) is 0.856. The lowest BCUT2D eigenvalue weighted by atomic mass is 10.2. The van der Waals surface area contributed by atoms with Gasteiger partial charge in [-0.3, -0.25) is 14.4 Å². The van der Waals surface area contributed by atoms with E-state index in [4.69, 9.17) is 9.25 Å². The van der Waals surface area contributed by atoms with Gasteiger partial charge in [0, 0.05) is 0 Å². The van der Waals surface area contributed by atoms with E-state index < -0.39 is 17.4 Å². The first-order valence-corrected chi connectivity index (χ1v) is 5.17. The number of carbonyl (C=O) groups excluding carboxylic acids is 2. The molecule has 1 heterocycles. The maximum atomic E-state index is 11.4. The van der Waals surface area contributed by atoms with Gasteiger partial charge in [-0.1, -0.05) is 0 Å². The second kappa shape index (κ2) is 5.49. The van der Waals surface area contributed by atoms with Crippen molar-refractivity contribution < 1.29 is 18.8 Å². The van der Waals surface area contributed by atoms with Gasteiger partial charge in [0.15, 0.2) is 5.76 Å². The van der Waals surface area contributed by atoms with Gasteiger partial charge >= 0.3 is 0 Å². The fraction of sp³-hybridized carbons (Fsp3) is 0.455. The molecular formula is C11H16N2O4. The van der Waals surface area contributed by atoms with Crippen molar-refractivity contribution in [3.63, 3.8) is 0 Å². The molecule has 0 aliphatic rings. The van der Waals surface area contributed by atoms with E-state index in [-0.39, 0.29) is 12.3 Å². The van der Waals surface area contributed by atoms with E-state index in [1.165, 1.54) is 12.3 Å². The monoisotopic (exact) mass is 240 g/mol. The van der Waals surface area contributed by atoms with E-state index in [9.17, 15) is 9.59 Å². The van der Waals surface area contributed by atoms with Crippen LogP contribution in [-0.4, -0.2) is 24.0 Å². The molecule has 1 aromatic rings. The van der Waals surface area contributed by atoms with Gasteiger partial charge in [-0.05, 0) is 32.9 Å². The Morgan fingerprint density at radius 1 is 1.41 bits per heavy atom. The van der Waals surface area contributed by atoms with E-state index in [1.807, 2.05) is 0 Å². The summed E-state index contributed by atoms with van der Waals surface area (Å²) in [4.78, 5) is 27.7. The summed E-state index contributed by atoms with van der Waals surface area (Å²) in [6, 6.07) is 3.11. The lowest BCUT2D eigenvalue weighted by Crippen LogP contribution is -2.40. The molecule has 6 nitrogen and oxygen atoms in total. The molecule has 0 unspecified atom stereocenters. The largest absolute Gasteiger partial charge is 0.459 e.